The number of hydrogen-bond acceptors (Lipinski definition) is 8. The van der Waals surface area contributed by atoms with Crippen molar-refractivity contribution in [1.29, 1.82) is 0 Å². The van der Waals surface area contributed by atoms with E-state index in [1.165, 1.54) is 20.1 Å². The Morgan fingerprint density at radius 2 is 1.76 bits per heavy atom. The molecule has 1 aromatic heterocycles. The zero-order chi connectivity index (χ0) is 33.1. The number of benzene rings is 2. The molecule has 3 aromatic carbocycles. The Labute approximate surface area is 268 Å². The van der Waals surface area contributed by atoms with E-state index in [9.17, 15) is 14.4 Å². The number of rotatable bonds is 10. The number of imidazole rings is 1. The predicted octanol–water partition coefficient (Wildman–Crippen LogP) is 5.38. The quantitative estimate of drug-likeness (QED) is 0.184. The zero-order valence-corrected chi connectivity index (χ0v) is 27.3. The number of aryl methyl sites for hydroxylation is 1. The summed E-state index contributed by atoms with van der Waals surface area (Å²) in [7, 11) is 4.65. The highest BCUT2D eigenvalue weighted by molar-refractivity contribution is 5.97. The maximum atomic E-state index is 13.7. The molecule has 2 amide bonds. The Balaban J connectivity index is 1.48. The second-order valence-corrected chi connectivity index (χ2v) is 12.0. The highest BCUT2D eigenvalue weighted by Crippen LogP contribution is 2.50. The number of anilines is 2. The summed E-state index contributed by atoms with van der Waals surface area (Å²) in [5, 5.41) is 9.03. The van der Waals surface area contributed by atoms with E-state index in [2.05, 4.69) is 39.8 Å². The van der Waals surface area contributed by atoms with Crippen molar-refractivity contribution in [2.45, 2.75) is 59.0 Å². The first-order valence-corrected chi connectivity index (χ1v) is 15.4. The monoisotopic (exact) mass is 627 g/mol. The number of nitrogens with one attached hydrogen (secondary N) is 4. The molecule has 4 aromatic rings. The van der Waals surface area contributed by atoms with Crippen LogP contribution in [0.15, 0.2) is 47.3 Å². The Morgan fingerprint density at radius 1 is 1.00 bits per heavy atom. The molecule has 242 valence electrons. The van der Waals surface area contributed by atoms with Crippen LogP contribution in [0.3, 0.4) is 0 Å². The van der Waals surface area contributed by atoms with Gasteiger partial charge in [-0.1, -0.05) is 19.9 Å². The van der Waals surface area contributed by atoms with Gasteiger partial charge in [-0.2, -0.15) is 0 Å². The van der Waals surface area contributed by atoms with E-state index in [1.807, 2.05) is 30.3 Å². The van der Waals surface area contributed by atoms with Gasteiger partial charge in [0.15, 0.2) is 11.5 Å². The highest BCUT2D eigenvalue weighted by atomic mass is 16.5. The molecule has 0 radical (unpaired) electrons. The summed E-state index contributed by atoms with van der Waals surface area (Å²) in [6, 6.07) is 11.2. The van der Waals surface area contributed by atoms with E-state index < -0.39 is 12.1 Å². The second-order valence-electron chi connectivity index (χ2n) is 12.0. The van der Waals surface area contributed by atoms with Crippen LogP contribution in [0.5, 0.6) is 17.2 Å². The average molecular weight is 628 g/mol. The van der Waals surface area contributed by atoms with Crippen molar-refractivity contribution in [1.82, 2.24) is 15.3 Å². The van der Waals surface area contributed by atoms with Gasteiger partial charge in [-0.3, -0.25) is 14.4 Å². The van der Waals surface area contributed by atoms with E-state index >= 15 is 0 Å². The lowest BCUT2D eigenvalue weighted by Crippen LogP contribution is -2.33. The maximum Gasteiger partial charge on any atom is 0.246 e. The van der Waals surface area contributed by atoms with Crippen LogP contribution in [0.4, 0.5) is 11.4 Å². The van der Waals surface area contributed by atoms with Crippen molar-refractivity contribution < 1.29 is 23.8 Å². The lowest BCUT2D eigenvalue weighted by molar-refractivity contribution is -0.119. The normalized spacial score (nSPS) is 14.5. The summed E-state index contributed by atoms with van der Waals surface area (Å²) in [4.78, 5) is 47.1. The van der Waals surface area contributed by atoms with Crippen LogP contribution in [-0.2, 0) is 22.4 Å². The molecule has 1 aliphatic carbocycles. The number of fused-ring (bicyclic) bond motifs is 4. The first kappa shape index (κ1) is 32.3. The molecule has 1 aliphatic rings. The van der Waals surface area contributed by atoms with Crippen LogP contribution in [0, 0.1) is 5.92 Å². The number of hydrogen-bond donors (Lipinski definition) is 4. The number of ether oxygens (including phenoxy) is 3. The van der Waals surface area contributed by atoms with Crippen LogP contribution < -0.4 is 35.6 Å². The summed E-state index contributed by atoms with van der Waals surface area (Å²) in [5.41, 5.74) is 5.22. The molecule has 5 rings (SSSR count). The van der Waals surface area contributed by atoms with Gasteiger partial charge in [-0.05, 0) is 78.8 Å². The maximum absolute atomic E-state index is 13.7. The minimum absolute atomic E-state index is 0.212. The number of carbonyl (C=O) groups is 2. The highest BCUT2D eigenvalue weighted by Gasteiger charge is 2.29. The molecule has 0 saturated heterocycles. The molecule has 4 N–H and O–H groups in total. The predicted molar refractivity (Wildman–Crippen MR) is 179 cm³/mol. The molecule has 11 heteroatoms. The van der Waals surface area contributed by atoms with Gasteiger partial charge < -0.3 is 35.1 Å². The van der Waals surface area contributed by atoms with Gasteiger partial charge in [0, 0.05) is 24.6 Å². The number of methoxy groups -OCH3 is 3. The summed E-state index contributed by atoms with van der Waals surface area (Å²) in [6.45, 7) is 7.41. The van der Waals surface area contributed by atoms with E-state index in [0.29, 0.717) is 52.8 Å². The molecule has 0 fully saturated rings. The van der Waals surface area contributed by atoms with Crippen molar-refractivity contribution in [2.24, 2.45) is 5.92 Å². The van der Waals surface area contributed by atoms with Gasteiger partial charge in [0.1, 0.15) is 11.9 Å². The SMILES string of the molecule is COc1cc2c(c(OC)c1OC)-c1ccc(N[C@@H](C)C(=O)Nc3ccc4nc(CC(C)C)[nH]c4c3)c(=O)cc1[C@H](NC(C)=O)CC2. The summed E-state index contributed by atoms with van der Waals surface area (Å²) >= 11 is 0. The van der Waals surface area contributed by atoms with Crippen LogP contribution >= 0.6 is 0 Å². The fourth-order valence-electron chi connectivity index (χ4n) is 6.00. The Bertz CT molecular complexity index is 1850. The molecule has 0 spiro atoms. The number of aromatic nitrogens is 2. The van der Waals surface area contributed by atoms with E-state index in [-0.39, 0.29) is 22.9 Å². The minimum Gasteiger partial charge on any atom is -0.493 e. The molecular weight excluding hydrogens is 586 g/mol. The minimum atomic E-state index is -0.749. The Kier molecular flexibility index (Phi) is 9.50. The van der Waals surface area contributed by atoms with E-state index in [4.69, 9.17) is 14.2 Å². The van der Waals surface area contributed by atoms with Crippen molar-refractivity contribution >= 4 is 34.2 Å². The molecule has 0 unspecified atom stereocenters. The molecular formula is C35H41N5O6. The Morgan fingerprint density at radius 3 is 2.43 bits per heavy atom. The molecule has 2 atom stereocenters. The van der Waals surface area contributed by atoms with Gasteiger partial charge in [-0.15, -0.1) is 0 Å². The fraction of sp³-hybridized carbons (Fsp3) is 0.371. The third-order valence-corrected chi connectivity index (χ3v) is 8.08. The van der Waals surface area contributed by atoms with Crippen LogP contribution in [0.25, 0.3) is 22.2 Å². The first-order chi connectivity index (χ1) is 22.0. The number of aromatic amines is 1. The van der Waals surface area contributed by atoms with Crippen molar-refractivity contribution in [3.8, 4) is 28.4 Å². The standard InChI is InChI=1S/C35H41N5O6/c1-18(2)14-31-39-26-12-9-22(16-28(26)40-31)38-35(43)19(3)36-27-13-10-23-24(17-29(27)42)25(37-20(4)41)11-8-21-15-30(44-5)33(45-6)34(46-7)32(21)23/h9-10,12-13,15-19,25H,8,11,14H2,1-7H3,(H,36,42)(H,37,41)(H,38,43)(H,39,40)/t19-,25+/m0/s1. The lowest BCUT2D eigenvalue weighted by atomic mass is 9.95. The van der Waals surface area contributed by atoms with Gasteiger partial charge >= 0.3 is 0 Å². The molecule has 1 heterocycles. The van der Waals surface area contributed by atoms with Gasteiger partial charge in [-0.25, -0.2) is 4.98 Å². The number of nitrogens with zero attached hydrogens (tertiary/aromatic N) is 1. The number of carbonyl (C=O) groups excluding carboxylic acids is 2. The Hall–Kier alpha value is -5.06. The molecule has 46 heavy (non-hydrogen) atoms. The summed E-state index contributed by atoms with van der Waals surface area (Å²) < 4.78 is 17.1. The van der Waals surface area contributed by atoms with Gasteiger partial charge in [0.05, 0.1) is 44.1 Å². The number of H-pyrrole nitrogens is 1. The van der Waals surface area contributed by atoms with Crippen molar-refractivity contribution in [2.75, 3.05) is 32.0 Å². The third-order valence-electron chi connectivity index (χ3n) is 8.08. The van der Waals surface area contributed by atoms with Crippen LogP contribution in [0.1, 0.15) is 57.1 Å². The largest absolute Gasteiger partial charge is 0.493 e. The molecule has 0 aliphatic heterocycles. The van der Waals surface area contributed by atoms with Crippen molar-refractivity contribution in [3.05, 3.63) is 69.6 Å². The molecule has 0 bridgehead atoms. The van der Waals surface area contributed by atoms with Crippen molar-refractivity contribution in [3.63, 3.8) is 0 Å². The lowest BCUT2D eigenvalue weighted by Gasteiger charge is -2.19. The number of amides is 2. The van der Waals surface area contributed by atoms with E-state index in [1.54, 1.807) is 27.2 Å². The van der Waals surface area contributed by atoms with Gasteiger partial charge in [0.2, 0.25) is 23.0 Å². The molecule has 0 saturated carbocycles. The average Bonchev–Trinajstić information content (AvgIpc) is 3.26. The first-order valence-electron chi connectivity index (χ1n) is 15.4. The van der Waals surface area contributed by atoms with Gasteiger partial charge in [0.25, 0.3) is 0 Å². The third kappa shape index (κ3) is 6.63. The van der Waals surface area contributed by atoms with Crippen LogP contribution in [0.2, 0.25) is 0 Å². The molecule has 11 nitrogen and oxygen atoms in total. The smallest absolute Gasteiger partial charge is 0.246 e. The topological polar surface area (TPSA) is 144 Å². The zero-order valence-electron chi connectivity index (χ0n) is 27.3. The van der Waals surface area contributed by atoms with Crippen LogP contribution in [-0.4, -0.2) is 49.2 Å². The fourth-order valence-corrected chi connectivity index (χ4v) is 6.00. The second kappa shape index (κ2) is 13.5. The summed E-state index contributed by atoms with van der Waals surface area (Å²) in [6.07, 6.45) is 1.97. The summed E-state index contributed by atoms with van der Waals surface area (Å²) in [5.74, 6) is 2.26. The van der Waals surface area contributed by atoms with E-state index in [0.717, 1.165) is 34.4 Å².